The van der Waals surface area contributed by atoms with Crippen LogP contribution in [0.3, 0.4) is 0 Å². The summed E-state index contributed by atoms with van der Waals surface area (Å²) in [5, 5.41) is 14.3. The Labute approximate surface area is 157 Å². The Morgan fingerprint density at radius 2 is 2.00 bits per heavy atom. The van der Waals surface area contributed by atoms with Gasteiger partial charge in [-0.05, 0) is 39.0 Å². The Balaban J connectivity index is 1.73. The van der Waals surface area contributed by atoms with E-state index in [9.17, 15) is 13.6 Å². The third-order valence-corrected chi connectivity index (χ3v) is 4.74. The van der Waals surface area contributed by atoms with E-state index >= 15 is 0 Å². The number of hydrogen-bond donors (Lipinski definition) is 2. The van der Waals surface area contributed by atoms with Gasteiger partial charge in [-0.15, -0.1) is 10.2 Å². The molecule has 1 aromatic carbocycles. The first-order chi connectivity index (χ1) is 12.8. The monoisotopic (exact) mass is 393 g/mol. The van der Waals surface area contributed by atoms with Crippen molar-refractivity contribution in [3.63, 3.8) is 0 Å². The normalized spacial score (nSPS) is 12.2. The molecule has 0 radical (unpaired) electrons. The number of nitrogen functional groups attached to an aromatic ring is 1. The quantitative estimate of drug-likeness (QED) is 0.509. The summed E-state index contributed by atoms with van der Waals surface area (Å²) in [7, 11) is 0. The zero-order valence-corrected chi connectivity index (χ0v) is 15.6. The predicted molar refractivity (Wildman–Crippen MR) is 97.1 cm³/mol. The van der Waals surface area contributed by atoms with Gasteiger partial charge in [0.25, 0.3) is 5.95 Å². The molecule has 1 amide bonds. The van der Waals surface area contributed by atoms with Crippen LogP contribution >= 0.6 is 11.8 Å². The number of rotatable bonds is 5. The number of amides is 1. The molecule has 0 aliphatic rings. The second kappa shape index (κ2) is 7.35. The van der Waals surface area contributed by atoms with E-state index in [2.05, 4.69) is 20.6 Å². The Bertz CT molecular complexity index is 1000. The molecule has 0 fully saturated rings. The van der Waals surface area contributed by atoms with Crippen molar-refractivity contribution in [1.82, 2.24) is 24.7 Å². The number of anilines is 1. The van der Waals surface area contributed by atoms with Gasteiger partial charge in [0.1, 0.15) is 11.6 Å². The highest BCUT2D eigenvalue weighted by atomic mass is 32.2. The Hall–Kier alpha value is -2.95. The number of carbonyl (C=O) groups is 1. The molecule has 11 heteroatoms. The predicted octanol–water partition coefficient (Wildman–Crippen LogP) is 2.19. The lowest BCUT2D eigenvalue weighted by molar-refractivity contribution is -0.115. The van der Waals surface area contributed by atoms with E-state index in [4.69, 9.17) is 5.84 Å². The van der Waals surface area contributed by atoms with Crippen molar-refractivity contribution in [3.05, 3.63) is 47.3 Å². The van der Waals surface area contributed by atoms with Crippen LogP contribution in [-0.2, 0) is 4.79 Å². The molecule has 0 saturated heterocycles. The maximum atomic E-state index is 13.7. The van der Waals surface area contributed by atoms with Gasteiger partial charge in [-0.1, -0.05) is 11.8 Å². The van der Waals surface area contributed by atoms with Crippen molar-refractivity contribution in [2.75, 3.05) is 11.2 Å². The van der Waals surface area contributed by atoms with Crippen LogP contribution in [0, 0.1) is 25.5 Å². The molecule has 2 aromatic heterocycles. The van der Waals surface area contributed by atoms with Crippen molar-refractivity contribution in [3.8, 4) is 5.95 Å². The second-order valence-corrected chi connectivity index (χ2v) is 7.17. The first-order valence-electron chi connectivity index (χ1n) is 7.93. The lowest BCUT2D eigenvalue weighted by atomic mass is 10.3. The second-order valence-electron chi connectivity index (χ2n) is 5.86. The lowest BCUT2D eigenvalue weighted by Gasteiger charge is -2.12. The van der Waals surface area contributed by atoms with Crippen molar-refractivity contribution >= 4 is 23.4 Å². The summed E-state index contributed by atoms with van der Waals surface area (Å²) in [5.74, 6) is 4.28. The number of benzene rings is 1. The largest absolute Gasteiger partial charge is 0.334 e. The molecular weight excluding hydrogens is 376 g/mol. The van der Waals surface area contributed by atoms with Crippen LogP contribution in [-0.4, -0.2) is 35.8 Å². The van der Waals surface area contributed by atoms with Gasteiger partial charge in [-0.3, -0.25) is 4.79 Å². The first kappa shape index (κ1) is 18.8. The highest BCUT2D eigenvalue weighted by Crippen LogP contribution is 2.24. The summed E-state index contributed by atoms with van der Waals surface area (Å²) in [5.41, 5.74) is 1.53. The topological polar surface area (TPSA) is 104 Å². The summed E-state index contributed by atoms with van der Waals surface area (Å²) in [6, 6.07) is 4.79. The van der Waals surface area contributed by atoms with Gasteiger partial charge in [0, 0.05) is 11.8 Å². The van der Waals surface area contributed by atoms with Crippen molar-refractivity contribution in [1.29, 1.82) is 0 Å². The Kier molecular flexibility index (Phi) is 5.13. The summed E-state index contributed by atoms with van der Waals surface area (Å²) < 4.78 is 29.4. The van der Waals surface area contributed by atoms with E-state index in [1.807, 2.05) is 19.9 Å². The molecule has 1 atom stereocenters. The maximum Gasteiger partial charge on any atom is 0.271 e. The van der Waals surface area contributed by atoms with E-state index in [-0.39, 0.29) is 5.69 Å². The van der Waals surface area contributed by atoms with E-state index in [0.29, 0.717) is 17.2 Å². The summed E-state index contributed by atoms with van der Waals surface area (Å²) in [4.78, 5) is 12.3. The molecule has 8 nitrogen and oxygen atoms in total. The van der Waals surface area contributed by atoms with Crippen molar-refractivity contribution in [2.24, 2.45) is 0 Å². The molecule has 0 bridgehead atoms. The Morgan fingerprint density at radius 3 is 2.63 bits per heavy atom. The van der Waals surface area contributed by atoms with Crippen molar-refractivity contribution < 1.29 is 13.6 Å². The molecule has 2 heterocycles. The van der Waals surface area contributed by atoms with Gasteiger partial charge in [-0.2, -0.15) is 5.10 Å². The first-order valence-corrected chi connectivity index (χ1v) is 8.81. The molecular formula is C16H17F2N7OS. The number of nitrogens with two attached hydrogens (primary N) is 1. The zero-order chi connectivity index (χ0) is 19.7. The molecule has 3 N–H and O–H groups in total. The summed E-state index contributed by atoms with van der Waals surface area (Å²) in [6.45, 7) is 5.31. The van der Waals surface area contributed by atoms with Crippen LogP contribution in [0.25, 0.3) is 5.95 Å². The van der Waals surface area contributed by atoms with E-state index in [0.717, 1.165) is 35.3 Å². The number of aromatic nitrogens is 5. The standard InChI is InChI=1S/C16H17F2N7OS/c1-8-6-9(2)25(23-8)15-21-22-16(24(15)19)27-10(3)14(26)20-13-5-4-11(17)7-12(13)18/h4-7,10H,19H2,1-3H3,(H,20,26). The molecule has 0 aliphatic heterocycles. The highest BCUT2D eigenvalue weighted by molar-refractivity contribution is 8.00. The van der Waals surface area contributed by atoms with Gasteiger partial charge in [0.15, 0.2) is 0 Å². The number of nitrogens with zero attached hydrogens (tertiary/aromatic N) is 5. The molecule has 0 aliphatic carbocycles. The third kappa shape index (κ3) is 3.92. The average Bonchev–Trinajstić information content (AvgIpc) is 3.12. The molecule has 3 rings (SSSR count). The Morgan fingerprint density at radius 1 is 1.26 bits per heavy atom. The lowest BCUT2D eigenvalue weighted by Crippen LogP contribution is -2.24. The number of nitrogens with one attached hydrogen (secondary N) is 1. The number of aryl methyl sites for hydroxylation is 2. The van der Waals surface area contributed by atoms with Crippen LogP contribution in [0.4, 0.5) is 14.5 Å². The summed E-state index contributed by atoms with van der Waals surface area (Å²) in [6.07, 6.45) is 0. The minimum Gasteiger partial charge on any atom is -0.334 e. The van der Waals surface area contributed by atoms with Crippen molar-refractivity contribution in [2.45, 2.75) is 31.2 Å². The number of carbonyl (C=O) groups excluding carboxylic acids is 1. The van der Waals surface area contributed by atoms with Gasteiger partial charge in [0.2, 0.25) is 11.1 Å². The van der Waals surface area contributed by atoms with Crippen LogP contribution in [0.1, 0.15) is 18.3 Å². The number of hydrogen-bond acceptors (Lipinski definition) is 6. The fourth-order valence-electron chi connectivity index (χ4n) is 2.36. The fraction of sp³-hybridized carbons (Fsp3) is 0.250. The van der Waals surface area contributed by atoms with Gasteiger partial charge < -0.3 is 11.2 Å². The van der Waals surface area contributed by atoms with E-state index in [1.54, 1.807) is 11.6 Å². The molecule has 3 aromatic rings. The highest BCUT2D eigenvalue weighted by Gasteiger charge is 2.21. The molecule has 1 unspecified atom stereocenters. The number of thioether (sulfide) groups is 1. The van der Waals surface area contributed by atoms with Gasteiger partial charge in [0.05, 0.1) is 16.6 Å². The van der Waals surface area contributed by atoms with Crippen LogP contribution < -0.4 is 11.2 Å². The summed E-state index contributed by atoms with van der Waals surface area (Å²) >= 11 is 1.05. The smallest absolute Gasteiger partial charge is 0.271 e. The molecule has 142 valence electrons. The van der Waals surface area contributed by atoms with E-state index < -0.39 is 22.8 Å². The maximum absolute atomic E-state index is 13.7. The minimum absolute atomic E-state index is 0.105. The van der Waals surface area contributed by atoms with Gasteiger partial charge >= 0.3 is 0 Å². The molecule has 0 spiro atoms. The average molecular weight is 393 g/mol. The van der Waals surface area contributed by atoms with Crippen LogP contribution in [0.15, 0.2) is 29.4 Å². The SMILES string of the molecule is Cc1cc(C)n(-c2nnc(SC(C)C(=O)Nc3ccc(F)cc3F)n2N)n1. The zero-order valence-electron chi connectivity index (χ0n) is 14.8. The fourth-order valence-corrected chi connectivity index (χ4v) is 3.13. The van der Waals surface area contributed by atoms with Gasteiger partial charge in [-0.25, -0.2) is 18.1 Å². The molecule has 0 saturated carbocycles. The number of halogens is 2. The van der Waals surface area contributed by atoms with Crippen LogP contribution in [0.2, 0.25) is 0 Å². The molecule has 27 heavy (non-hydrogen) atoms. The van der Waals surface area contributed by atoms with Crippen LogP contribution in [0.5, 0.6) is 0 Å². The minimum atomic E-state index is -0.852. The van der Waals surface area contributed by atoms with E-state index in [1.165, 1.54) is 4.68 Å². The third-order valence-electron chi connectivity index (χ3n) is 3.69.